The van der Waals surface area contributed by atoms with Gasteiger partial charge in [-0.25, -0.2) is 23.7 Å². The molecule has 4 N–H and O–H groups in total. The summed E-state index contributed by atoms with van der Waals surface area (Å²) in [5, 5.41) is 14.1. The second kappa shape index (κ2) is 7.59. The Morgan fingerprint density at radius 3 is 2.45 bits per heavy atom. The van der Waals surface area contributed by atoms with Gasteiger partial charge in [0.2, 0.25) is 0 Å². The molecule has 0 fully saturated rings. The van der Waals surface area contributed by atoms with Crippen LogP contribution in [0, 0.1) is 18.6 Å². The van der Waals surface area contributed by atoms with Crippen LogP contribution in [0.2, 0.25) is 0 Å². The number of anilines is 2. The summed E-state index contributed by atoms with van der Waals surface area (Å²) in [6.45, 7) is 4.70. The third-order valence-electron chi connectivity index (χ3n) is 4.46. The van der Waals surface area contributed by atoms with Gasteiger partial charge in [0.1, 0.15) is 16.6 Å². The maximum Gasteiger partial charge on any atom is 0.251 e. The molecule has 0 saturated carbocycles. The van der Waals surface area contributed by atoms with Gasteiger partial charge in [-0.05, 0) is 44.5 Å². The second-order valence-corrected chi connectivity index (χ2v) is 9.57. The summed E-state index contributed by atoms with van der Waals surface area (Å²) < 4.78 is 29.5. The lowest BCUT2D eigenvalue weighted by Gasteiger charge is -2.18. The number of aromatic nitrogens is 3. The minimum Gasteiger partial charge on any atom is -0.386 e. The number of amides is 1. The molecule has 0 aliphatic heterocycles. The number of benzene rings is 1. The number of rotatable bonds is 5. The van der Waals surface area contributed by atoms with Crippen molar-refractivity contribution in [1.29, 1.82) is 0 Å². The van der Waals surface area contributed by atoms with Crippen molar-refractivity contribution in [2.45, 2.75) is 26.4 Å². The van der Waals surface area contributed by atoms with E-state index in [0.717, 1.165) is 28.5 Å². The lowest BCUT2D eigenvalue weighted by Crippen LogP contribution is -2.16. The predicted octanol–water partition coefficient (Wildman–Crippen LogP) is 4.47. The summed E-state index contributed by atoms with van der Waals surface area (Å²) >= 11 is 2.32. The molecule has 0 spiro atoms. The monoisotopic (exact) mass is 461 g/mol. The second-order valence-electron chi connectivity index (χ2n) is 7.33. The van der Waals surface area contributed by atoms with E-state index >= 15 is 0 Å². The van der Waals surface area contributed by atoms with Crippen LogP contribution in [0.1, 0.15) is 34.8 Å². The van der Waals surface area contributed by atoms with Crippen LogP contribution in [0.4, 0.5) is 19.6 Å². The molecule has 160 valence electrons. The Morgan fingerprint density at radius 1 is 1.16 bits per heavy atom. The van der Waals surface area contributed by atoms with Crippen molar-refractivity contribution >= 4 is 49.9 Å². The van der Waals surface area contributed by atoms with Crippen molar-refractivity contribution in [2.75, 3.05) is 5.32 Å². The van der Waals surface area contributed by atoms with E-state index in [9.17, 15) is 18.7 Å². The van der Waals surface area contributed by atoms with Gasteiger partial charge in [-0.15, -0.1) is 11.3 Å². The van der Waals surface area contributed by atoms with Gasteiger partial charge in [0.15, 0.2) is 16.3 Å². The third-order valence-corrected chi connectivity index (χ3v) is 6.39. The lowest BCUT2D eigenvalue weighted by atomic mass is 9.96. The number of aliphatic hydroxyl groups is 1. The quantitative estimate of drug-likeness (QED) is 0.404. The number of primary amides is 1. The summed E-state index contributed by atoms with van der Waals surface area (Å²) in [7, 11) is 0. The maximum absolute atomic E-state index is 14.8. The van der Waals surface area contributed by atoms with Crippen molar-refractivity contribution in [3.05, 3.63) is 52.2 Å². The summed E-state index contributed by atoms with van der Waals surface area (Å²) in [5.74, 6) is -2.14. The maximum atomic E-state index is 14.8. The van der Waals surface area contributed by atoms with E-state index in [1.54, 1.807) is 0 Å². The number of carbonyl (C=O) groups is 1. The van der Waals surface area contributed by atoms with Crippen LogP contribution in [0.5, 0.6) is 0 Å². The molecule has 4 rings (SSSR count). The molecule has 0 saturated heterocycles. The van der Waals surface area contributed by atoms with E-state index in [2.05, 4.69) is 20.3 Å². The highest BCUT2D eigenvalue weighted by atomic mass is 32.1. The van der Waals surface area contributed by atoms with E-state index in [0.29, 0.717) is 16.3 Å². The molecule has 31 heavy (non-hydrogen) atoms. The van der Waals surface area contributed by atoms with E-state index in [-0.39, 0.29) is 26.6 Å². The number of hydrogen-bond acceptors (Lipinski definition) is 8. The first kappa shape index (κ1) is 21.2. The van der Waals surface area contributed by atoms with Gasteiger partial charge < -0.3 is 16.2 Å². The molecular formula is C20H17F2N5O2S2. The van der Waals surface area contributed by atoms with Crippen LogP contribution in [0.15, 0.2) is 24.4 Å². The van der Waals surface area contributed by atoms with E-state index in [1.165, 1.54) is 37.4 Å². The van der Waals surface area contributed by atoms with Crippen LogP contribution in [0.25, 0.3) is 20.9 Å². The molecular weight excluding hydrogens is 444 g/mol. The number of thiophene rings is 1. The van der Waals surface area contributed by atoms with Gasteiger partial charge in [-0.1, -0.05) is 11.3 Å². The standard InChI is InChI=1S/C20H17F2N5O2S2/c1-8-25-17-19(30-8)27-14(7-24-17)26-18-10(16(23)28)6-13(31-18)15-11(21)4-9(5-12(15)22)20(2,3)29/h4-7,29H,1-3H3,(H2,23,28)(H,26,27). The van der Waals surface area contributed by atoms with Gasteiger partial charge in [-0.2, -0.15) is 0 Å². The Balaban J connectivity index is 1.76. The fraction of sp³-hybridized carbons (Fsp3) is 0.200. The summed E-state index contributed by atoms with van der Waals surface area (Å²) in [6.07, 6.45) is 1.45. The predicted molar refractivity (Wildman–Crippen MR) is 117 cm³/mol. The van der Waals surface area contributed by atoms with Gasteiger partial charge in [-0.3, -0.25) is 4.79 Å². The van der Waals surface area contributed by atoms with Crippen molar-refractivity contribution in [3.63, 3.8) is 0 Å². The van der Waals surface area contributed by atoms with Crippen molar-refractivity contribution in [1.82, 2.24) is 15.0 Å². The molecule has 0 unspecified atom stereocenters. The summed E-state index contributed by atoms with van der Waals surface area (Å²) in [4.78, 5) is 25.6. The number of nitrogens with one attached hydrogen (secondary N) is 1. The minimum absolute atomic E-state index is 0.0627. The van der Waals surface area contributed by atoms with Gasteiger partial charge in [0.25, 0.3) is 5.91 Å². The van der Waals surface area contributed by atoms with Gasteiger partial charge in [0.05, 0.1) is 27.9 Å². The molecule has 3 aromatic heterocycles. The van der Waals surface area contributed by atoms with Gasteiger partial charge >= 0.3 is 0 Å². The Bertz CT molecular complexity index is 1300. The summed E-state index contributed by atoms with van der Waals surface area (Å²) in [5.41, 5.74) is 4.42. The largest absolute Gasteiger partial charge is 0.386 e. The SMILES string of the molecule is Cc1nc2ncc(Nc3sc(-c4c(F)cc(C(C)(C)O)cc4F)cc3C(N)=O)nc2s1. The van der Waals surface area contributed by atoms with Gasteiger partial charge in [0, 0.05) is 4.88 Å². The first-order valence-electron chi connectivity index (χ1n) is 9.06. The van der Waals surface area contributed by atoms with E-state index in [1.807, 2.05) is 6.92 Å². The zero-order valence-corrected chi connectivity index (χ0v) is 18.3. The highest BCUT2D eigenvalue weighted by Crippen LogP contribution is 2.40. The van der Waals surface area contributed by atoms with E-state index < -0.39 is 23.1 Å². The van der Waals surface area contributed by atoms with Crippen molar-refractivity contribution in [3.8, 4) is 10.4 Å². The van der Waals surface area contributed by atoms with Crippen LogP contribution >= 0.6 is 22.7 Å². The minimum atomic E-state index is -1.41. The molecule has 4 aromatic rings. The average Bonchev–Trinajstić information content (AvgIpc) is 3.22. The fourth-order valence-corrected chi connectivity index (χ4v) is 4.82. The first-order valence-corrected chi connectivity index (χ1v) is 10.7. The highest BCUT2D eigenvalue weighted by Gasteiger charge is 2.24. The molecule has 0 aliphatic carbocycles. The number of fused-ring (bicyclic) bond motifs is 1. The normalized spacial score (nSPS) is 11.8. The number of aryl methyl sites for hydroxylation is 1. The van der Waals surface area contributed by atoms with Crippen molar-refractivity contribution in [2.24, 2.45) is 5.73 Å². The van der Waals surface area contributed by atoms with Crippen LogP contribution in [0.3, 0.4) is 0 Å². The number of thiazole rings is 1. The first-order chi connectivity index (χ1) is 14.5. The molecule has 3 heterocycles. The number of carbonyl (C=O) groups excluding carboxylic acids is 1. The molecule has 7 nitrogen and oxygen atoms in total. The van der Waals surface area contributed by atoms with Crippen LogP contribution in [-0.4, -0.2) is 26.0 Å². The lowest BCUT2D eigenvalue weighted by molar-refractivity contribution is 0.0778. The Kier molecular flexibility index (Phi) is 5.20. The zero-order valence-electron chi connectivity index (χ0n) is 16.7. The number of hydrogen-bond donors (Lipinski definition) is 3. The van der Waals surface area contributed by atoms with E-state index in [4.69, 9.17) is 5.73 Å². The third kappa shape index (κ3) is 4.11. The average molecular weight is 462 g/mol. The Hall–Kier alpha value is -3.02. The topological polar surface area (TPSA) is 114 Å². The van der Waals surface area contributed by atoms with Crippen LogP contribution in [-0.2, 0) is 5.60 Å². The number of nitrogens with two attached hydrogens (primary N) is 1. The smallest absolute Gasteiger partial charge is 0.251 e. The van der Waals surface area contributed by atoms with Crippen molar-refractivity contribution < 1.29 is 18.7 Å². The Morgan fingerprint density at radius 2 is 1.84 bits per heavy atom. The molecule has 0 atom stereocenters. The molecule has 11 heteroatoms. The zero-order chi connectivity index (χ0) is 22.5. The van der Waals surface area contributed by atoms with Crippen LogP contribution < -0.4 is 11.1 Å². The molecule has 1 aromatic carbocycles. The number of halogens is 2. The molecule has 0 radical (unpaired) electrons. The number of nitrogens with zero attached hydrogens (tertiary/aromatic N) is 3. The molecule has 1 amide bonds. The molecule has 0 aliphatic rings. The summed E-state index contributed by atoms with van der Waals surface area (Å²) in [6, 6.07) is 3.46. The molecule has 0 bridgehead atoms. The highest BCUT2D eigenvalue weighted by molar-refractivity contribution is 7.20. The fourth-order valence-electron chi connectivity index (χ4n) is 2.95. The Labute approximate surface area is 183 Å².